The minimum absolute atomic E-state index is 0.124. The Balaban J connectivity index is 1.63. The van der Waals surface area contributed by atoms with E-state index in [4.69, 9.17) is 27.6 Å². The molecule has 27 heavy (non-hydrogen) atoms. The van der Waals surface area contributed by atoms with Crippen molar-refractivity contribution >= 4 is 29.1 Å². The SMILES string of the molecule is C[C@@H](NC(=O)CN[C@@H](c1ccccc1)c1ccco1)c1ccc(Cl)c(Cl)c1. The number of benzene rings is 2. The van der Waals surface area contributed by atoms with Gasteiger partial charge < -0.3 is 9.73 Å². The maximum absolute atomic E-state index is 12.4. The van der Waals surface area contributed by atoms with Gasteiger partial charge in [0.05, 0.1) is 34.9 Å². The normalized spacial score (nSPS) is 13.1. The lowest BCUT2D eigenvalue weighted by Crippen LogP contribution is -2.37. The molecule has 0 radical (unpaired) electrons. The Labute approximate surface area is 168 Å². The van der Waals surface area contributed by atoms with E-state index in [-0.39, 0.29) is 24.5 Å². The summed E-state index contributed by atoms with van der Waals surface area (Å²) in [5.41, 5.74) is 1.92. The molecule has 0 aliphatic rings. The van der Waals surface area contributed by atoms with Gasteiger partial charge in [-0.15, -0.1) is 0 Å². The van der Waals surface area contributed by atoms with E-state index in [1.165, 1.54) is 0 Å². The van der Waals surface area contributed by atoms with Gasteiger partial charge in [0, 0.05) is 0 Å². The standard InChI is InChI=1S/C21H20Cl2N2O2/c1-14(16-9-10-17(22)18(23)12-16)25-20(26)13-24-21(19-8-5-11-27-19)15-6-3-2-4-7-15/h2-12,14,21,24H,13H2,1H3,(H,25,26)/t14-,21+/m1/s1. The van der Waals surface area contributed by atoms with Crippen LogP contribution in [0.3, 0.4) is 0 Å². The van der Waals surface area contributed by atoms with Crippen LogP contribution in [-0.4, -0.2) is 12.5 Å². The molecule has 1 heterocycles. The van der Waals surface area contributed by atoms with Crippen molar-refractivity contribution in [1.29, 1.82) is 0 Å². The van der Waals surface area contributed by atoms with E-state index in [0.29, 0.717) is 10.0 Å². The molecular weight excluding hydrogens is 383 g/mol. The molecular formula is C21H20Cl2N2O2. The third kappa shape index (κ3) is 5.13. The van der Waals surface area contributed by atoms with Crippen molar-refractivity contribution in [2.75, 3.05) is 6.54 Å². The van der Waals surface area contributed by atoms with Gasteiger partial charge in [-0.05, 0) is 42.3 Å². The Bertz CT molecular complexity index is 882. The maximum atomic E-state index is 12.4. The van der Waals surface area contributed by atoms with Gasteiger partial charge in [0.25, 0.3) is 0 Å². The first-order valence-corrected chi connectivity index (χ1v) is 9.36. The van der Waals surface area contributed by atoms with Crippen molar-refractivity contribution in [3.05, 3.63) is 93.9 Å². The van der Waals surface area contributed by atoms with Crippen LogP contribution < -0.4 is 10.6 Å². The molecule has 1 aromatic heterocycles. The van der Waals surface area contributed by atoms with Crippen LogP contribution in [0.2, 0.25) is 10.0 Å². The Kier molecular flexibility index (Phi) is 6.56. The summed E-state index contributed by atoms with van der Waals surface area (Å²) in [5.74, 6) is 0.632. The van der Waals surface area contributed by atoms with Gasteiger partial charge in [0.1, 0.15) is 5.76 Å². The molecule has 2 aromatic carbocycles. The van der Waals surface area contributed by atoms with E-state index >= 15 is 0 Å². The Morgan fingerprint density at radius 1 is 1.00 bits per heavy atom. The average molecular weight is 403 g/mol. The van der Waals surface area contributed by atoms with Crippen molar-refractivity contribution in [3.63, 3.8) is 0 Å². The van der Waals surface area contributed by atoms with Gasteiger partial charge in [0.2, 0.25) is 5.91 Å². The van der Waals surface area contributed by atoms with Crippen molar-refractivity contribution in [3.8, 4) is 0 Å². The summed E-state index contributed by atoms with van der Waals surface area (Å²) in [6, 6.07) is 18.5. The summed E-state index contributed by atoms with van der Waals surface area (Å²) >= 11 is 12.0. The van der Waals surface area contributed by atoms with E-state index in [1.54, 1.807) is 18.4 Å². The molecule has 1 amide bonds. The van der Waals surface area contributed by atoms with Crippen molar-refractivity contribution in [2.45, 2.75) is 19.0 Å². The highest BCUT2D eigenvalue weighted by Gasteiger charge is 2.18. The second-order valence-electron chi connectivity index (χ2n) is 6.20. The van der Waals surface area contributed by atoms with E-state index in [2.05, 4.69) is 10.6 Å². The number of rotatable bonds is 7. The lowest BCUT2D eigenvalue weighted by atomic mass is 10.0. The number of carbonyl (C=O) groups excluding carboxylic acids is 1. The molecule has 3 aromatic rings. The molecule has 0 fully saturated rings. The fourth-order valence-corrected chi connectivity index (χ4v) is 3.14. The zero-order valence-corrected chi connectivity index (χ0v) is 16.3. The van der Waals surface area contributed by atoms with E-state index in [0.717, 1.165) is 16.9 Å². The smallest absolute Gasteiger partial charge is 0.234 e. The first-order valence-electron chi connectivity index (χ1n) is 8.60. The van der Waals surface area contributed by atoms with E-state index in [9.17, 15) is 4.79 Å². The third-order valence-electron chi connectivity index (χ3n) is 4.25. The molecule has 6 heteroatoms. The number of halogens is 2. The molecule has 4 nitrogen and oxygen atoms in total. The molecule has 0 unspecified atom stereocenters. The highest BCUT2D eigenvalue weighted by atomic mass is 35.5. The third-order valence-corrected chi connectivity index (χ3v) is 4.99. The minimum Gasteiger partial charge on any atom is -0.467 e. The van der Waals surface area contributed by atoms with Crippen LogP contribution >= 0.6 is 23.2 Å². The van der Waals surface area contributed by atoms with Crippen molar-refractivity contribution in [1.82, 2.24) is 10.6 Å². The van der Waals surface area contributed by atoms with Gasteiger partial charge in [-0.25, -0.2) is 0 Å². The van der Waals surface area contributed by atoms with Crippen LogP contribution in [0.5, 0.6) is 0 Å². The number of amides is 1. The number of hydrogen-bond donors (Lipinski definition) is 2. The van der Waals surface area contributed by atoms with Crippen LogP contribution in [0.25, 0.3) is 0 Å². The van der Waals surface area contributed by atoms with Crippen LogP contribution in [0.4, 0.5) is 0 Å². The Morgan fingerprint density at radius 3 is 2.44 bits per heavy atom. The molecule has 3 rings (SSSR count). The number of carbonyl (C=O) groups is 1. The number of hydrogen-bond acceptors (Lipinski definition) is 3. The van der Waals surface area contributed by atoms with Gasteiger partial charge in [-0.1, -0.05) is 59.6 Å². The maximum Gasteiger partial charge on any atom is 0.234 e. The molecule has 140 valence electrons. The molecule has 2 atom stereocenters. The lowest BCUT2D eigenvalue weighted by Gasteiger charge is -2.19. The number of nitrogens with one attached hydrogen (secondary N) is 2. The van der Waals surface area contributed by atoms with Crippen LogP contribution in [0, 0.1) is 0 Å². The summed E-state index contributed by atoms with van der Waals surface area (Å²) in [5, 5.41) is 7.18. The molecule has 0 spiro atoms. The van der Waals surface area contributed by atoms with Gasteiger partial charge in [0.15, 0.2) is 0 Å². The van der Waals surface area contributed by atoms with Crippen LogP contribution in [0.1, 0.15) is 35.9 Å². The summed E-state index contributed by atoms with van der Waals surface area (Å²) in [4.78, 5) is 12.4. The Hall–Kier alpha value is -2.27. The molecule has 2 N–H and O–H groups in total. The fraction of sp³-hybridized carbons (Fsp3) is 0.190. The predicted molar refractivity (Wildman–Crippen MR) is 108 cm³/mol. The molecule has 0 saturated carbocycles. The predicted octanol–water partition coefficient (Wildman–Crippen LogP) is 5.14. The van der Waals surface area contributed by atoms with Crippen molar-refractivity contribution in [2.24, 2.45) is 0 Å². The van der Waals surface area contributed by atoms with Gasteiger partial charge in [-0.2, -0.15) is 0 Å². The molecule has 0 aliphatic heterocycles. The first kappa shape index (κ1) is 19.5. The van der Waals surface area contributed by atoms with E-state index < -0.39 is 0 Å². The second kappa shape index (κ2) is 9.09. The largest absolute Gasteiger partial charge is 0.467 e. The quantitative estimate of drug-likeness (QED) is 0.574. The topological polar surface area (TPSA) is 54.3 Å². The lowest BCUT2D eigenvalue weighted by molar-refractivity contribution is -0.121. The highest BCUT2D eigenvalue weighted by molar-refractivity contribution is 6.42. The molecule has 0 saturated heterocycles. The Morgan fingerprint density at radius 2 is 1.78 bits per heavy atom. The summed E-state index contributed by atoms with van der Waals surface area (Å²) < 4.78 is 5.54. The minimum atomic E-state index is -0.202. The summed E-state index contributed by atoms with van der Waals surface area (Å²) in [7, 11) is 0. The zero-order valence-electron chi connectivity index (χ0n) is 14.8. The van der Waals surface area contributed by atoms with Gasteiger partial charge >= 0.3 is 0 Å². The summed E-state index contributed by atoms with van der Waals surface area (Å²) in [6.45, 7) is 2.05. The van der Waals surface area contributed by atoms with Crippen LogP contribution in [0.15, 0.2) is 71.3 Å². The first-order chi connectivity index (χ1) is 13.0. The van der Waals surface area contributed by atoms with Crippen LogP contribution in [-0.2, 0) is 4.79 Å². The fourth-order valence-electron chi connectivity index (χ4n) is 2.84. The van der Waals surface area contributed by atoms with E-state index in [1.807, 2.05) is 55.5 Å². The van der Waals surface area contributed by atoms with Gasteiger partial charge in [-0.3, -0.25) is 10.1 Å². The number of furan rings is 1. The monoisotopic (exact) mass is 402 g/mol. The molecule has 0 aliphatic carbocycles. The molecule has 0 bridgehead atoms. The van der Waals surface area contributed by atoms with Crippen molar-refractivity contribution < 1.29 is 9.21 Å². The zero-order chi connectivity index (χ0) is 19.2. The highest BCUT2D eigenvalue weighted by Crippen LogP contribution is 2.25. The average Bonchev–Trinajstić information content (AvgIpc) is 3.19. The second-order valence-corrected chi connectivity index (χ2v) is 7.02. The summed E-state index contributed by atoms with van der Waals surface area (Å²) in [6.07, 6.45) is 1.62.